The normalized spacial score (nSPS) is 26.9. The van der Waals surface area contributed by atoms with Gasteiger partial charge in [-0.15, -0.1) is 35.9 Å². The third kappa shape index (κ3) is 4.99. The van der Waals surface area contributed by atoms with E-state index in [1.54, 1.807) is 0 Å². The van der Waals surface area contributed by atoms with Crippen molar-refractivity contribution in [3.8, 4) is 11.3 Å². The molecule has 3 aliphatic rings. The zero-order valence-electron chi connectivity index (χ0n) is 18.4. The molecule has 2 N–H and O–H groups in total. The Hall–Kier alpha value is -1.58. The Morgan fingerprint density at radius 3 is 2.22 bits per heavy atom. The van der Waals surface area contributed by atoms with E-state index in [0.29, 0.717) is 5.92 Å². The molecule has 0 amide bonds. The fourth-order valence-corrected chi connectivity index (χ4v) is 5.94. The minimum Gasteiger partial charge on any atom is -0.393 e. The van der Waals surface area contributed by atoms with Crippen LogP contribution in [0.1, 0.15) is 62.8 Å². The van der Waals surface area contributed by atoms with Crippen molar-refractivity contribution in [3.63, 3.8) is 0 Å². The second-order valence-corrected chi connectivity index (χ2v) is 9.56. The first kappa shape index (κ1) is 23.6. The van der Waals surface area contributed by atoms with E-state index in [4.69, 9.17) is 0 Å². The predicted octanol–water partition coefficient (Wildman–Crippen LogP) is 5.89. The number of nitrogens with zero attached hydrogens (tertiary/aromatic N) is 1. The van der Waals surface area contributed by atoms with Gasteiger partial charge in [0.1, 0.15) is 0 Å². The molecular weight excluding hydrogens is 575 g/mol. The van der Waals surface area contributed by atoms with Crippen molar-refractivity contribution in [2.75, 3.05) is 0 Å². The Balaban J connectivity index is 0.000000188. The fraction of sp³-hybridized carbons (Fsp3) is 0.464. The summed E-state index contributed by atoms with van der Waals surface area (Å²) in [5, 5.41) is 21.3. The number of hydrogen-bond donors (Lipinski definition) is 2. The average Bonchev–Trinajstić information content (AvgIpc) is 3.55. The van der Waals surface area contributed by atoms with Crippen LogP contribution in [0.5, 0.6) is 0 Å². The Bertz CT molecular complexity index is 1000. The van der Waals surface area contributed by atoms with Gasteiger partial charge in [0, 0.05) is 32.2 Å². The van der Waals surface area contributed by atoms with Gasteiger partial charge in [-0.25, -0.2) is 0 Å². The Morgan fingerprint density at radius 1 is 0.812 bits per heavy atom. The summed E-state index contributed by atoms with van der Waals surface area (Å²) in [5.74, 6) is 1.61. The van der Waals surface area contributed by atoms with E-state index in [1.165, 1.54) is 42.0 Å². The summed E-state index contributed by atoms with van der Waals surface area (Å²) >= 11 is 0. The van der Waals surface area contributed by atoms with Crippen LogP contribution in [-0.2, 0) is 20.1 Å². The topological polar surface area (TPSA) is 53.4 Å². The van der Waals surface area contributed by atoms with Gasteiger partial charge in [0.05, 0.1) is 12.2 Å². The Kier molecular flexibility index (Phi) is 7.78. The second-order valence-electron chi connectivity index (χ2n) is 9.56. The van der Waals surface area contributed by atoms with Gasteiger partial charge in [-0.3, -0.25) is 0 Å². The van der Waals surface area contributed by atoms with Crippen molar-refractivity contribution < 1.29 is 30.3 Å². The molecule has 0 spiro atoms. The largest absolute Gasteiger partial charge is 0.393 e. The minimum absolute atomic E-state index is 0. The molecule has 2 aromatic carbocycles. The molecular formula is C28H32IrNO2-. The molecule has 1 heterocycles. The minimum atomic E-state index is -0.206. The molecule has 3 fully saturated rings. The predicted molar refractivity (Wildman–Crippen MR) is 125 cm³/mol. The van der Waals surface area contributed by atoms with Crippen LogP contribution in [0.4, 0.5) is 0 Å². The standard InChI is InChI=1S/C20H18N.C8H14O2.Ir/c1-2-8-16(9-3-1)20-13-19-12-17(15-6-4-5-7-15)10-11-18(19)14-21-20;9-6-3-1-5-2-4-7(10)8(5)6;/h1-3,8,10-15H,4-7H2;5-10H,1-4H2;/q-1;;. The number of benzene rings is 2. The van der Waals surface area contributed by atoms with Crippen molar-refractivity contribution in [1.29, 1.82) is 0 Å². The molecule has 32 heavy (non-hydrogen) atoms. The van der Waals surface area contributed by atoms with Gasteiger partial charge < -0.3 is 15.2 Å². The van der Waals surface area contributed by atoms with Gasteiger partial charge in [-0.05, 0) is 72.4 Å². The summed E-state index contributed by atoms with van der Waals surface area (Å²) in [4.78, 5) is 4.57. The second kappa shape index (κ2) is 10.6. The number of aromatic nitrogens is 1. The molecule has 2 unspecified atom stereocenters. The molecule has 171 valence electrons. The molecule has 3 aromatic rings. The van der Waals surface area contributed by atoms with E-state index in [1.807, 2.05) is 24.4 Å². The molecule has 6 rings (SSSR count). The van der Waals surface area contributed by atoms with Crippen LogP contribution in [0.2, 0.25) is 0 Å². The van der Waals surface area contributed by atoms with Crippen LogP contribution in [0.3, 0.4) is 0 Å². The SMILES string of the molecule is OC1CCC2CCC(O)C12.[Ir].[c-]1ccccc1-c1cc2cc(C3CCCC3)ccc2cn1. The van der Waals surface area contributed by atoms with Gasteiger partial charge in [0.15, 0.2) is 0 Å². The quantitative estimate of drug-likeness (QED) is 0.358. The number of hydrogen-bond acceptors (Lipinski definition) is 3. The molecule has 0 bridgehead atoms. The molecule has 4 heteroatoms. The van der Waals surface area contributed by atoms with Gasteiger partial charge in [0.2, 0.25) is 0 Å². The summed E-state index contributed by atoms with van der Waals surface area (Å²) in [5.41, 5.74) is 3.56. The molecule has 3 saturated carbocycles. The maximum absolute atomic E-state index is 9.41. The van der Waals surface area contributed by atoms with Crippen LogP contribution in [-0.4, -0.2) is 27.4 Å². The summed E-state index contributed by atoms with van der Waals surface area (Å²) in [6.07, 6.45) is 11.1. The first-order chi connectivity index (χ1) is 15.2. The summed E-state index contributed by atoms with van der Waals surface area (Å²) < 4.78 is 0. The third-order valence-electron chi connectivity index (χ3n) is 7.66. The maximum Gasteiger partial charge on any atom is 0.0595 e. The van der Waals surface area contributed by atoms with Crippen LogP contribution >= 0.6 is 0 Å². The van der Waals surface area contributed by atoms with E-state index < -0.39 is 0 Å². The van der Waals surface area contributed by atoms with Gasteiger partial charge >= 0.3 is 0 Å². The molecule has 2 atom stereocenters. The van der Waals surface area contributed by atoms with E-state index in [9.17, 15) is 10.2 Å². The van der Waals surface area contributed by atoms with Crippen LogP contribution in [0, 0.1) is 17.9 Å². The molecule has 1 aromatic heterocycles. The van der Waals surface area contributed by atoms with Crippen LogP contribution in [0.25, 0.3) is 22.0 Å². The van der Waals surface area contributed by atoms with Crippen molar-refractivity contribution in [1.82, 2.24) is 4.98 Å². The fourth-order valence-electron chi connectivity index (χ4n) is 5.94. The van der Waals surface area contributed by atoms with Crippen LogP contribution < -0.4 is 0 Å². The molecule has 0 saturated heterocycles. The van der Waals surface area contributed by atoms with E-state index in [2.05, 4.69) is 41.4 Å². The summed E-state index contributed by atoms with van der Waals surface area (Å²) in [7, 11) is 0. The number of rotatable bonds is 2. The van der Waals surface area contributed by atoms with Crippen molar-refractivity contribution in [2.45, 2.75) is 69.5 Å². The van der Waals surface area contributed by atoms with Crippen molar-refractivity contribution in [3.05, 3.63) is 66.4 Å². The number of fused-ring (bicyclic) bond motifs is 2. The maximum atomic E-state index is 9.41. The molecule has 1 radical (unpaired) electrons. The van der Waals surface area contributed by atoms with Gasteiger partial charge in [-0.1, -0.05) is 37.1 Å². The monoisotopic (exact) mass is 607 g/mol. The molecule has 3 aliphatic carbocycles. The van der Waals surface area contributed by atoms with Crippen LogP contribution in [0.15, 0.2) is 54.7 Å². The van der Waals surface area contributed by atoms with Crippen molar-refractivity contribution in [2.24, 2.45) is 11.8 Å². The summed E-state index contributed by atoms with van der Waals surface area (Å²) in [6, 6.07) is 20.3. The summed E-state index contributed by atoms with van der Waals surface area (Å²) in [6.45, 7) is 0. The van der Waals surface area contributed by atoms with E-state index in [0.717, 1.165) is 42.9 Å². The average molecular weight is 607 g/mol. The Labute approximate surface area is 204 Å². The first-order valence-corrected chi connectivity index (χ1v) is 11.9. The van der Waals surface area contributed by atoms with Gasteiger partial charge in [0.25, 0.3) is 0 Å². The zero-order chi connectivity index (χ0) is 21.2. The molecule has 3 nitrogen and oxygen atoms in total. The van der Waals surface area contributed by atoms with Gasteiger partial charge in [-0.2, -0.15) is 0 Å². The first-order valence-electron chi connectivity index (χ1n) is 11.9. The number of aliphatic hydroxyl groups excluding tert-OH is 2. The zero-order valence-corrected chi connectivity index (χ0v) is 20.8. The Morgan fingerprint density at radius 2 is 1.56 bits per heavy atom. The smallest absolute Gasteiger partial charge is 0.0595 e. The van der Waals surface area contributed by atoms with E-state index >= 15 is 0 Å². The third-order valence-corrected chi connectivity index (χ3v) is 7.66. The van der Waals surface area contributed by atoms with Crippen molar-refractivity contribution >= 4 is 10.8 Å². The van der Waals surface area contributed by atoms with E-state index in [-0.39, 0.29) is 38.2 Å². The number of pyridine rings is 1. The number of aliphatic hydroxyl groups is 2. The molecule has 0 aliphatic heterocycles.